The van der Waals surface area contributed by atoms with E-state index in [-0.39, 0.29) is 25.7 Å². The summed E-state index contributed by atoms with van der Waals surface area (Å²) >= 11 is 0. The highest BCUT2D eigenvalue weighted by atomic mass is 32.2. The monoisotopic (exact) mass is 405 g/mol. The number of carbonyl (C=O) groups is 1. The molecule has 1 N–H and O–H groups in total. The van der Waals surface area contributed by atoms with Gasteiger partial charge in [0.2, 0.25) is 10.0 Å². The van der Waals surface area contributed by atoms with E-state index in [0.717, 1.165) is 39.6 Å². The molecule has 152 valence electrons. The molecule has 0 aliphatic rings. The highest BCUT2D eigenvalue weighted by Gasteiger charge is 2.13. The first kappa shape index (κ1) is 21.9. The van der Waals surface area contributed by atoms with Gasteiger partial charge in [0.05, 0.1) is 6.26 Å². The Kier molecular flexibility index (Phi) is 7.21. The number of aryl methyl sites for hydroxylation is 2. The summed E-state index contributed by atoms with van der Waals surface area (Å²) in [5, 5.41) is 0. The molecule has 0 unspecified atom stereocenters. The molecule has 0 fully saturated rings. The maximum absolute atomic E-state index is 11.1. The number of carbonyl (C=O) groups excluding carboxylic acids is 1. The lowest BCUT2D eigenvalue weighted by Crippen LogP contribution is -2.26. The van der Waals surface area contributed by atoms with Gasteiger partial charge in [-0.2, -0.15) is 0 Å². The summed E-state index contributed by atoms with van der Waals surface area (Å²) < 4.78 is 35.4. The second kappa shape index (κ2) is 9.21. The normalized spacial score (nSPS) is 11.3. The van der Waals surface area contributed by atoms with Crippen molar-refractivity contribution < 1.29 is 22.7 Å². The van der Waals surface area contributed by atoms with E-state index in [1.807, 2.05) is 45.0 Å². The Morgan fingerprint density at radius 2 is 1.75 bits per heavy atom. The molecule has 2 aromatic carbocycles. The van der Waals surface area contributed by atoms with Crippen LogP contribution in [0, 0.1) is 20.8 Å². The molecule has 0 aliphatic heterocycles. The number of sulfonamides is 1. The molecule has 0 radical (unpaired) electrons. The molecule has 6 nitrogen and oxygen atoms in total. The number of ether oxygens (including phenoxy) is 2. The zero-order valence-electron chi connectivity index (χ0n) is 17.0. The van der Waals surface area contributed by atoms with Gasteiger partial charge in [0.25, 0.3) is 0 Å². The molecule has 0 aliphatic carbocycles. The third-order valence-electron chi connectivity index (χ3n) is 4.39. The van der Waals surface area contributed by atoms with Crippen molar-refractivity contribution in [3.63, 3.8) is 0 Å². The van der Waals surface area contributed by atoms with Crippen molar-refractivity contribution in [2.75, 3.05) is 19.4 Å². The molecule has 0 heterocycles. The van der Waals surface area contributed by atoms with Crippen molar-refractivity contribution in [1.29, 1.82) is 0 Å². The van der Waals surface area contributed by atoms with Crippen molar-refractivity contribution in [3.05, 3.63) is 52.6 Å². The van der Waals surface area contributed by atoms with Gasteiger partial charge in [-0.3, -0.25) is 4.79 Å². The zero-order chi connectivity index (χ0) is 20.9. The topological polar surface area (TPSA) is 81.7 Å². The highest BCUT2D eigenvalue weighted by molar-refractivity contribution is 7.88. The smallest absolute Gasteiger partial charge is 0.302 e. The van der Waals surface area contributed by atoms with E-state index in [9.17, 15) is 13.2 Å². The van der Waals surface area contributed by atoms with E-state index in [0.29, 0.717) is 5.75 Å². The first-order chi connectivity index (χ1) is 13.1. The van der Waals surface area contributed by atoms with E-state index in [4.69, 9.17) is 9.47 Å². The van der Waals surface area contributed by atoms with Crippen LogP contribution in [0.1, 0.15) is 29.2 Å². The van der Waals surface area contributed by atoms with Crippen LogP contribution in [0.15, 0.2) is 30.3 Å². The van der Waals surface area contributed by atoms with Gasteiger partial charge in [-0.15, -0.1) is 0 Å². The average molecular weight is 406 g/mol. The van der Waals surface area contributed by atoms with Crippen molar-refractivity contribution >= 4 is 16.0 Å². The molecule has 0 saturated heterocycles. The van der Waals surface area contributed by atoms with Gasteiger partial charge in [0, 0.05) is 13.5 Å². The molecule has 0 aromatic heterocycles. The summed E-state index contributed by atoms with van der Waals surface area (Å²) in [5.74, 6) is 0.395. The maximum Gasteiger partial charge on any atom is 0.302 e. The van der Waals surface area contributed by atoms with Crippen LogP contribution in [0.3, 0.4) is 0 Å². The Balaban J connectivity index is 2.23. The molecule has 0 atom stereocenters. The minimum atomic E-state index is -3.22. The van der Waals surface area contributed by atoms with E-state index in [2.05, 4.69) is 10.8 Å². The number of hydrogen-bond acceptors (Lipinski definition) is 5. The fraction of sp³-hybridized carbons (Fsp3) is 0.381. The quantitative estimate of drug-likeness (QED) is 0.538. The van der Waals surface area contributed by atoms with Gasteiger partial charge < -0.3 is 9.47 Å². The summed E-state index contributed by atoms with van der Waals surface area (Å²) in [6.45, 7) is 8.18. The average Bonchev–Trinajstić information content (AvgIpc) is 2.57. The van der Waals surface area contributed by atoms with Gasteiger partial charge in [-0.25, -0.2) is 13.1 Å². The van der Waals surface area contributed by atoms with Crippen LogP contribution in [-0.2, 0) is 26.2 Å². The van der Waals surface area contributed by atoms with E-state index in [1.54, 1.807) is 0 Å². The van der Waals surface area contributed by atoms with Crippen LogP contribution in [0.2, 0.25) is 0 Å². The molecular weight excluding hydrogens is 378 g/mol. The van der Waals surface area contributed by atoms with E-state index >= 15 is 0 Å². The molecule has 0 bridgehead atoms. The fourth-order valence-corrected chi connectivity index (χ4v) is 3.57. The Morgan fingerprint density at radius 3 is 2.32 bits per heavy atom. The second-order valence-corrected chi connectivity index (χ2v) is 8.65. The molecular formula is C21H27NO5S. The van der Waals surface area contributed by atoms with Gasteiger partial charge >= 0.3 is 5.97 Å². The number of rotatable bonds is 8. The zero-order valence-corrected chi connectivity index (χ0v) is 17.8. The van der Waals surface area contributed by atoms with Gasteiger partial charge in [-0.1, -0.05) is 18.2 Å². The number of nitrogens with one attached hydrogen (secondary N) is 1. The van der Waals surface area contributed by atoms with Crippen LogP contribution in [-0.4, -0.2) is 33.8 Å². The summed E-state index contributed by atoms with van der Waals surface area (Å²) in [7, 11) is -3.22. The summed E-state index contributed by atoms with van der Waals surface area (Å²) in [5.41, 5.74) is 6.35. The lowest BCUT2D eigenvalue weighted by Gasteiger charge is -2.17. The van der Waals surface area contributed by atoms with Gasteiger partial charge in [0.15, 0.2) is 0 Å². The van der Waals surface area contributed by atoms with Crippen LogP contribution in [0.5, 0.6) is 5.75 Å². The van der Waals surface area contributed by atoms with Gasteiger partial charge in [0.1, 0.15) is 19.0 Å². The van der Waals surface area contributed by atoms with E-state index in [1.165, 1.54) is 6.92 Å². The number of hydrogen-bond donors (Lipinski definition) is 1. The van der Waals surface area contributed by atoms with Crippen molar-refractivity contribution in [2.45, 2.75) is 34.3 Å². The van der Waals surface area contributed by atoms with Crippen molar-refractivity contribution in [1.82, 2.24) is 4.72 Å². The number of esters is 1. The summed E-state index contributed by atoms with van der Waals surface area (Å²) in [6, 6.07) is 9.86. The Bertz CT molecular complexity index is 944. The summed E-state index contributed by atoms with van der Waals surface area (Å²) in [6.07, 6.45) is 1.12. The molecule has 2 aromatic rings. The van der Waals surface area contributed by atoms with Crippen LogP contribution < -0.4 is 9.46 Å². The molecule has 2 rings (SSSR count). The predicted octanol–water partition coefficient (Wildman–Crippen LogP) is 3.27. The minimum absolute atomic E-state index is 0.218. The minimum Gasteiger partial charge on any atom is -0.492 e. The highest BCUT2D eigenvalue weighted by Crippen LogP contribution is 2.34. The largest absolute Gasteiger partial charge is 0.492 e. The van der Waals surface area contributed by atoms with Crippen LogP contribution in [0.4, 0.5) is 0 Å². The number of benzene rings is 2. The first-order valence-corrected chi connectivity index (χ1v) is 10.9. The fourth-order valence-electron chi connectivity index (χ4n) is 3.12. The third-order valence-corrected chi connectivity index (χ3v) is 5.12. The molecule has 28 heavy (non-hydrogen) atoms. The van der Waals surface area contributed by atoms with Crippen molar-refractivity contribution in [3.8, 4) is 16.9 Å². The molecule has 7 heteroatoms. The lowest BCUT2D eigenvalue weighted by molar-refractivity contribution is -0.142. The first-order valence-electron chi connectivity index (χ1n) is 8.99. The van der Waals surface area contributed by atoms with E-state index < -0.39 is 10.0 Å². The lowest BCUT2D eigenvalue weighted by atomic mass is 9.90. The molecule has 0 spiro atoms. The van der Waals surface area contributed by atoms with Gasteiger partial charge in [-0.05, 0) is 66.3 Å². The van der Waals surface area contributed by atoms with Crippen molar-refractivity contribution in [2.24, 2.45) is 0 Å². The predicted molar refractivity (Wildman–Crippen MR) is 110 cm³/mol. The standard InChI is InChI=1S/C21H27NO5S/c1-14-11-19(26-10-9-22-28(5,24)25)12-15(2)21(14)20-8-6-7-18(16(20)3)13-27-17(4)23/h6-8,11-12,22H,9-10,13H2,1-5H3. The summed E-state index contributed by atoms with van der Waals surface area (Å²) in [4.78, 5) is 11.1. The Labute approximate surface area is 166 Å². The maximum atomic E-state index is 11.1. The Hall–Kier alpha value is -2.38. The van der Waals surface area contributed by atoms with Crippen LogP contribution >= 0.6 is 0 Å². The second-order valence-electron chi connectivity index (χ2n) is 6.82. The van der Waals surface area contributed by atoms with Crippen LogP contribution in [0.25, 0.3) is 11.1 Å². The third kappa shape index (κ3) is 6.07. The molecule has 0 saturated carbocycles. The molecule has 0 amide bonds. The Morgan fingerprint density at radius 1 is 1.11 bits per heavy atom. The SMILES string of the molecule is CC(=O)OCc1cccc(-c2c(C)cc(OCCNS(C)(=O)=O)cc2C)c1C.